The van der Waals surface area contributed by atoms with E-state index in [9.17, 15) is 9.59 Å². The van der Waals surface area contributed by atoms with Crippen LogP contribution in [-0.2, 0) is 4.74 Å². The van der Waals surface area contributed by atoms with Gasteiger partial charge in [0.05, 0.1) is 17.4 Å². The minimum atomic E-state index is -0.701. The van der Waals surface area contributed by atoms with Gasteiger partial charge in [-0.1, -0.05) is 0 Å². The molecule has 1 saturated carbocycles. The third kappa shape index (κ3) is 5.15. The van der Waals surface area contributed by atoms with Gasteiger partial charge in [-0.2, -0.15) is 0 Å². The van der Waals surface area contributed by atoms with Crippen LogP contribution in [0.15, 0.2) is 49.1 Å². The van der Waals surface area contributed by atoms with E-state index < -0.39 is 11.7 Å². The smallest absolute Gasteiger partial charge is 0.420 e. The molecule has 4 aromatic heterocycles. The zero-order valence-corrected chi connectivity index (χ0v) is 22.0. The molecule has 0 aliphatic heterocycles. The van der Waals surface area contributed by atoms with Gasteiger partial charge >= 0.3 is 6.09 Å². The third-order valence-electron chi connectivity index (χ3n) is 6.03. The Morgan fingerprint density at radius 1 is 1.08 bits per heavy atom. The lowest BCUT2D eigenvalue weighted by Crippen LogP contribution is -2.34. The molecule has 2 amide bonds. The van der Waals surface area contributed by atoms with Gasteiger partial charge in [-0.05, 0) is 64.3 Å². The van der Waals surface area contributed by atoms with Crippen LogP contribution in [-0.4, -0.2) is 50.7 Å². The summed E-state index contributed by atoms with van der Waals surface area (Å²) < 4.78 is 11.5. The Morgan fingerprint density at radius 2 is 1.87 bits per heavy atom. The Morgan fingerprint density at radius 3 is 2.50 bits per heavy atom. The topological polar surface area (TPSA) is 122 Å². The van der Waals surface area contributed by atoms with Gasteiger partial charge in [0, 0.05) is 48.2 Å². The minimum Gasteiger partial charge on any atom is -0.474 e. The van der Waals surface area contributed by atoms with Crippen molar-refractivity contribution in [1.82, 2.24) is 25.3 Å². The van der Waals surface area contributed by atoms with Crippen LogP contribution in [0.25, 0.3) is 22.0 Å². The Balaban J connectivity index is 1.52. The van der Waals surface area contributed by atoms with Crippen molar-refractivity contribution >= 4 is 34.4 Å². The van der Waals surface area contributed by atoms with Crippen LogP contribution in [0, 0.1) is 6.92 Å². The summed E-state index contributed by atoms with van der Waals surface area (Å²) in [5.41, 5.74) is 3.37. The molecule has 1 fully saturated rings. The van der Waals surface area contributed by atoms with Crippen molar-refractivity contribution in [1.29, 1.82) is 0 Å². The molecular formula is C28H30N6O4. The number of fused-ring (bicyclic) bond motifs is 1. The lowest BCUT2D eigenvalue weighted by atomic mass is 10.0. The van der Waals surface area contributed by atoms with E-state index >= 15 is 0 Å². The van der Waals surface area contributed by atoms with E-state index in [1.807, 2.05) is 46.0 Å². The molecule has 4 heterocycles. The van der Waals surface area contributed by atoms with E-state index in [-0.39, 0.29) is 12.0 Å². The Kier molecular flexibility index (Phi) is 6.48. The molecule has 1 aliphatic rings. The number of aromatic nitrogens is 4. The molecule has 0 aromatic carbocycles. The van der Waals surface area contributed by atoms with E-state index in [0.29, 0.717) is 28.6 Å². The highest BCUT2D eigenvalue weighted by atomic mass is 16.6. The third-order valence-corrected chi connectivity index (χ3v) is 6.03. The molecular weight excluding hydrogens is 484 g/mol. The van der Waals surface area contributed by atoms with Crippen molar-refractivity contribution in [2.45, 2.75) is 52.2 Å². The van der Waals surface area contributed by atoms with Crippen LogP contribution in [0.4, 0.5) is 16.3 Å². The largest absolute Gasteiger partial charge is 0.474 e. The number of hydrogen-bond acceptors (Lipinski definition) is 7. The van der Waals surface area contributed by atoms with Gasteiger partial charge in [-0.15, -0.1) is 0 Å². The van der Waals surface area contributed by atoms with Crippen LogP contribution in [0.1, 0.15) is 49.7 Å². The number of carbonyl (C=O) groups is 2. The highest BCUT2D eigenvalue weighted by molar-refractivity contribution is 6.08. The number of anilines is 2. The summed E-state index contributed by atoms with van der Waals surface area (Å²) in [6, 6.07) is 7.20. The zero-order valence-electron chi connectivity index (χ0n) is 22.0. The number of nitrogens with zero attached hydrogens (tertiary/aromatic N) is 4. The minimum absolute atomic E-state index is 0.222. The number of hydrogen-bond donors (Lipinski definition) is 2. The quantitative estimate of drug-likeness (QED) is 0.358. The highest BCUT2D eigenvalue weighted by Gasteiger charge is 2.28. The van der Waals surface area contributed by atoms with Crippen LogP contribution in [0.2, 0.25) is 0 Å². The number of rotatable bonds is 6. The second kappa shape index (κ2) is 9.77. The molecule has 0 saturated heterocycles. The highest BCUT2D eigenvalue weighted by Crippen LogP contribution is 2.35. The number of ether oxygens (including phenoxy) is 2. The van der Waals surface area contributed by atoms with Gasteiger partial charge in [-0.3, -0.25) is 4.79 Å². The predicted molar refractivity (Wildman–Crippen MR) is 144 cm³/mol. The van der Waals surface area contributed by atoms with Gasteiger partial charge in [0.15, 0.2) is 5.69 Å². The molecule has 0 atom stereocenters. The molecule has 38 heavy (non-hydrogen) atoms. The van der Waals surface area contributed by atoms with Crippen molar-refractivity contribution in [3.63, 3.8) is 0 Å². The number of aromatic amines is 1. The number of nitrogens with one attached hydrogen (secondary N) is 2. The van der Waals surface area contributed by atoms with Crippen LogP contribution in [0.5, 0.6) is 5.88 Å². The van der Waals surface area contributed by atoms with Crippen molar-refractivity contribution in [3.05, 3.63) is 60.3 Å². The fourth-order valence-electron chi connectivity index (χ4n) is 4.08. The number of carbonyl (C=O) groups excluding carboxylic acids is 2. The Labute approximate surface area is 220 Å². The summed E-state index contributed by atoms with van der Waals surface area (Å²) >= 11 is 0. The van der Waals surface area contributed by atoms with E-state index in [1.54, 1.807) is 37.8 Å². The fourth-order valence-corrected chi connectivity index (χ4v) is 4.08. The second-order valence-corrected chi connectivity index (χ2v) is 10.2. The molecule has 10 heteroatoms. The normalized spacial score (nSPS) is 13.3. The molecule has 0 unspecified atom stereocenters. The van der Waals surface area contributed by atoms with Crippen LogP contribution in [0.3, 0.4) is 0 Å². The van der Waals surface area contributed by atoms with Crippen molar-refractivity contribution < 1.29 is 19.1 Å². The van der Waals surface area contributed by atoms with Crippen molar-refractivity contribution in [2.75, 3.05) is 11.9 Å². The predicted octanol–water partition coefficient (Wildman–Crippen LogP) is 5.30. The monoisotopic (exact) mass is 514 g/mol. The standard InChI is InChI=1S/C28H30N6O4/c1-16-12-22(31-14-20(16)21-15-33-24-19(21)10-11-30-25(24)26(35)29-5)34(27(36)38-28(2,3)4)17-6-9-23(32-13-17)37-18-7-8-18/h6,9-15,18,33H,7-8H2,1-5H3,(H,29,35). The Hall–Kier alpha value is -4.47. The number of aryl methyl sites for hydroxylation is 1. The average Bonchev–Trinajstić information content (AvgIpc) is 3.59. The van der Waals surface area contributed by atoms with E-state index in [0.717, 1.165) is 34.9 Å². The summed E-state index contributed by atoms with van der Waals surface area (Å²) in [5.74, 6) is 0.639. The van der Waals surface area contributed by atoms with Gasteiger partial charge in [0.25, 0.3) is 5.91 Å². The lowest BCUT2D eigenvalue weighted by Gasteiger charge is -2.27. The second-order valence-electron chi connectivity index (χ2n) is 10.2. The maximum atomic E-state index is 13.3. The molecule has 4 aromatic rings. The van der Waals surface area contributed by atoms with Crippen molar-refractivity contribution in [2.24, 2.45) is 0 Å². The number of H-pyrrole nitrogens is 1. The lowest BCUT2D eigenvalue weighted by molar-refractivity contribution is 0.0597. The van der Waals surface area contributed by atoms with E-state index in [4.69, 9.17) is 9.47 Å². The summed E-state index contributed by atoms with van der Waals surface area (Å²) in [6.07, 6.45) is 8.45. The number of pyridine rings is 3. The maximum Gasteiger partial charge on any atom is 0.420 e. The summed E-state index contributed by atoms with van der Waals surface area (Å²) in [6.45, 7) is 7.39. The molecule has 196 valence electrons. The van der Waals surface area contributed by atoms with Gasteiger partial charge < -0.3 is 19.8 Å². The fraction of sp³-hybridized carbons (Fsp3) is 0.321. The number of amides is 2. The maximum absolute atomic E-state index is 13.3. The first-order valence-electron chi connectivity index (χ1n) is 12.5. The first kappa shape index (κ1) is 25.2. The Bertz CT molecular complexity index is 1500. The first-order chi connectivity index (χ1) is 18.1. The molecule has 1 aliphatic carbocycles. The van der Waals surface area contributed by atoms with Gasteiger partial charge in [-0.25, -0.2) is 24.6 Å². The summed E-state index contributed by atoms with van der Waals surface area (Å²) in [4.78, 5) is 43.4. The van der Waals surface area contributed by atoms with Gasteiger partial charge in [0.1, 0.15) is 17.5 Å². The summed E-state index contributed by atoms with van der Waals surface area (Å²) in [7, 11) is 1.57. The molecule has 0 radical (unpaired) electrons. The molecule has 5 rings (SSSR count). The van der Waals surface area contributed by atoms with Crippen LogP contribution >= 0.6 is 0 Å². The molecule has 10 nitrogen and oxygen atoms in total. The SMILES string of the molecule is CNC(=O)c1nccc2c(-c3cnc(N(C(=O)OC(C)(C)C)c4ccc(OC5CC5)nc4)cc3C)c[nH]c12. The van der Waals surface area contributed by atoms with Crippen molar-refractivity contribution in [3.8, 4) is 17.0 Å². The average molecular weight is 515 g/mol. The molecule has 0 bridgehead atoms. The molecule has 0 spiro atoms. The van der Waals surface area contributed by atoms with E-state index in [1.165, 1.54) is 4.90 Å². The first-order valence-corrected chi connectivity index (χ1v) is 12.5. The summed E-state index contributed by atoms with van der Waals surface area (Å²) in [5, 5.41) is 3.46. The van der Waals surface area contributed by atoms with Gasteiger partial charge in [0.2, 0.25) is 5.88 Å². The van der Waals surface area contributed by atoms with E-state index in [2.05, 4.69) is 25.3 Å². The zero-order chi connectivity index (χ0) is 27.0. The molecule has 2 N–H and O–H groups in total. The van der Waals surface area contributed by atoms with Crippen LogP contribution < -0.4 is 15.0 Å².